The zero-order valence-electron chi connectivity index (χ0n) is 23.0. The fourth-order valence-electron chi connectivity index (χ4n) is 4.76. The Hall–Kier alpha value is -3.83. The summed E-state index contributed by atoms with van der Waals surface area (Å²) in [4.78, 5) is 17.1. The highest BCUT2D eigenvalue weighted by molar-refractivity contribution is 7.99. The minimum atomic E-state index is -4.47. The molecule has 1 amide bonds. The van der Waals surface area contributed by atoms with E-state index in [1.54, 1.807) is 22.8 Å². The average molecular weight is 596 g/mol. The van der Waals surface area contributed by atoms with Crippen LogP contribution >= 0.6 is 11.8 Å². The van der Waals surface area contributed by atoms with E-state index in [1.165, 1.54) is 29.7 Å². The van der Waals surface area contributed by atoms with Crippen molar-refractivity contribution in [2.45, 2.75) is 30.6 Å². The molecule has 0 bridgehead atoms. The number of nitrogens with zero attached hydrogens (tertiary/aromatic N) is 5. The predicted molar refractivity (Wildman–Crippen MR) is 157 cm³/mol. The molecule has 2 aromatic heterocycles. The quantitative estimate of drug-likeness (QED) is 0.143. The number of piperazine rings is 1. The molecule has 1 aliphatic heterocycles. The summed E-state index contributed by atoms with van der Waals surface area (Å²) in [5.41, 5.74) is 0.727. The van der Waals surface area contributed by atoms with Crippen molar-refractivity contribution >= 4 is 23.7 Å². The fourth-order valence-corrected chi connectivity index (χ4v) is 5.72. The first-order valence-corrected chi connectivity index (χ1v) is 14.9. The van der Waals surface area contributed by atoms with E-state index < -0.39 is 11.7 Å². The van der Waals surface area contributed by atoms with Crippen LogP contribution in [0.2, 0.25) is 0 Å². The monoisotopic (exact) mass is 595 g/mol. The van der Waals surface area contributed by atoms with Crippen LogP contribution in [0.15, 0.2) is 88.6 Å². The number of furan rings is 1. The van der Waals surface area contributed by atoms with Gasteiger partial charge in [0.15, 0.2) is 10.9 Å². The molecule has 0 unspecified atom stereocenters. The predicted octanol–water partition coefficient (Wildman–Crippen LogP) is 6.67. The van der Waals surface area contributed by atoms with Gasteiger partial charge in [-0.15, -0.1) is 10.2 Å². The summed E-state index contributed by atoms with van der Waals surface area (Å²) in [6.45, 7) is 4.01. The molecule has 0 aliphatic carbocycles. The Morgan fingerprint density at radius 1 is 0.952 bits per heavy atom. The summed E-state index contributed by atoms with van der Waals surface area (Å²) in [6.07, 6.45) is 3.23. The molecule has 3 heterocycles. The second-order valence-corrected chi connectivity index (χ2v) is 11.0. The van der Waals surface area contributed by atoms with Crippen molar-refractivity contribution in [1.29, 1.82) is 0 Å². The van der Waals surface area contributed by atoms with Gasteiger partial charge in [0.05, 0.1) is 17.5 Å². The third kappa shape index (κ3) is 7.71. The van der Waals surface area contributed by atoms with Crippen LogP contribution in [0.25, 0.3) is 23.3 Å². The average Bonchev–Trinajstić information content (AvgIpc) is 3.68. The van der Waals surface area contributed by atoms with Gasteiger partial charge in [0.2, 0.25) is 11.7 Å². The van der Waals surface area contributed by atoms with Gasteiger partial charge in [-0.3, -0.25) is 14.3 Å². The largest absolute Gasteiger partial charge is 0.461 e. The highest BCUT2D eigenvalue weighted by atomic mass is 32.2. The Morgan fingerprint density at radius 2 is 1.76 bits per heavy atom. The van der Waals surface area contributed by atoms with Gasteiger partial charge >= 0.3 is 6.18 Å². The Morgan fingerprint density at radius 3 is 2.50 bits per heavy atom. The first-order chi connectivity index (χ1) is 20.4. The number of amides is 1. The van der Waals surface area contributed by atoms with Crippen molar-refractivity contribution in [3.05, 3.63) is 90.2 Å². The lowest BCUT2D eigenvalue weighted by molar-refractivity contribution is -0.137. The standard InChI is InChI=1S/C31H32F3N5O2S/c32-31(33,34)25-12-6-13-26(23-25)39-29(27-14-8-21-41-27)35-36-30(39)42-22-5-4-15-28(40)38-19-17-37(18-20-38)16-7-11-24-9-2-1-3-10-24/h1-3,6-14,21,23H,4-5,15-20,22H2. The Kier molecular flexibility index (Phi) is 9.81. The Labute approximate surface area is 247 Å². The minimum Gasteiger partial charge on any atom is -0.461 e. The van der Waals surface area contributed by atoms with Gasteiger partial charge in [-0.1, -0.05) is 60.3 Å². The van der Waals surface area contributed by atoms with Crippen LogP contribution in [-0.2, 0) is 11.0 Å². The number of alkyl halides is 3. The molecule has 0 saturated carbocycles. The topological polar surface area (TPSA) is 67.4 Å². The molecule has 42 heavy (non-hydrogen) atoms. The van der Waals surface area contributed by atoms with Crippen LogP contribution < -0.4 is 0 Å². The van der Waals surface area contributed by atoms with Gasteiger partial charge < -0.3 is 9.32 Å². The van der Waals surface area contributed by atoms with Crippen molar-refractivity contribution in [2.24, 2.45) is 0 Å². The summed E-state index contributed by atoms with van der Waals surface area (Å²) in [6, 6.07) is 18.6. The first-order valence-electron chi connectivity index (χ1n) is 13.9. The first kappa shape index (κ1) is 29.7. The van der Waals surface area contributed by atoms with E-state index in [1.807, 2.05) is 23.1 Å². The maximum absolute atomic E-state index is 13.4. The molecular weight excluding hydrogens is 563 g/mol. The molecule has 0 radical (unpaired) electrons. The maximum Gasteiger partial charge on any atom is 0.416 e. The van der Waals surface area contributed by atoms with Crippen molar-refractivity contribution in [1.82, 2.24) is 24.6 Å². The number of carbonyl (C=O) groups is 1. The molecule has 7 nitrogen and oxygen atoms in total. The highest BCUT2D eigenvalue weighted by Gasteiger charge is 2.31. The number of hydrogen-bond acceptors (Lipinski definition) is 6. The minimum absolute atomic E-state index is 0.159. The van der Waals surface area contributed by atoms with Gasteiger partial charge in [-0.2, -0.15) is 13.2 Å². The Bertz CT molecular complexity index is 1460. The third-order valence-corrected chi connectivity index (χ3v) is 8.04. The van der Waals surface area contributed by atoms with Gasteiger partial charge in [0.25, 0.3) is 0 Å². The van der Waals surface area contributed by atoms with Crippen LogP contribution in [0, 0.1) is 0 Å². The van der Waals surface area contributed by atoms with Gasteiger partial charge in [-0.05, 0) is 48.7 Å². The lowest BCUT2D eigenvalue weighted by Gasteiger charge is -2.34. The summed E-state index contributed by atoms with van der Waals surface area (Å²) in [5, 5.41) is 8.91. The number of carbonyl (C=O) groups excluding carboxylic acids is 1. The summed E-state index contributed by atoms with van der Waals surface area (Å²) in [5.74, 6) is 1.53. The normalized spacial score (nSPS) is 14.6. The molecule has 5 rings (SSSR count). The number of hydrogen-bond donors (Lipinski definition) is 0. The van der Waals surface area contributed by atoms with E-state index in [-0.39, 0.29) is 5.91 Å². The van der Waals surface area contributed by atoms with Crippen molar-refractivity contribution in [3.63, 3.8) is 0 Å². The molecule has 4 aromatic rings. The van der Waals surface area contributed by atoms with Crippen LogP contribution in [0.3, 0.4) is 0 Å². The van der Waals surface area contributed by atoms with Crippen LogP contribution in [0.4, 0.5) is 13.2 Å². The number of rotatable bonds is 11. The molecule has 1 aliphatic rings. The zero-order valence-corrected chi connectivity index (χ0v) is 23.9. The maximum atomic E-state index is 13.4. The number of aromatic nitrogens is 3. The van der Waals surface area contributed by atoms with Gasteiger partial charge in [0.1, 0.15) is 0 Å². The van der Waals surface area contributed by atoms with E-state index in [0.717, 1.165) is 51.3 Å². The number of halogens is 3. The summed E-state index contributed by atoms with van der Waals surface area (Å²) in [7, 11) is 0. The van der Waals surface area contributed by atoms with Crippen LogP contribution in [0.1, 0.15) is 30.4 Å². The summed E-state index contributed by atoms with van der Waals surface area (Å²) >= 11 is 1.40. The molecule has 220 valence electrons. The fraction of sp³-hybridized carbons (Fsp3) is 0.323. The molecule has 2 aromatic carbocycles. The number of unbranched alkanes of at least 4 members (excludes halogenated alkanes) is 1. The molecule has 0 atom stereocenters. The van der Waals surface area contributed by atoms with Crippen LogP contribution in [0.5, 0.6) is 0 Å². The molecule has 11 heteroatoms. The zero-order chi connectivity index (χ0) is 29.4. The second kappa shape index (κ2) is 13.9. The Balaban J connectivity index is 1.10. The SMILES string of the molecule is O=C(CCCCSc1nnc(-c2ccco2)n1-c1cccc(C(F)(F)F)c1)N1CCN(CC=Cc2ccccc2)CC1. The van der Waals surface area contributed by atoms with E-state index in [0.29, 0.717) is 41.0 Å². The molecule has 1 fully saturated rings. The summed E-state index contributed by atoms with van der Waals surface area (Å²) < 4.78 is 47.2. The van der Waals surface area contributed by atoms with Gasteiger partial charge in [-0.25, -0.2) is 0 Å². The van der Waals surface area contributed by atoms with E-state index in [2.05, 4.69) is 39.4 Å². The van der Waals surface area contributed by atoms with Crippen molar-refractivity contribution in [2.75, 3.05) is 38.5 Å². The van der Waals surface area contributed by atoms with E-state index in [4.69, 9.17) is 4.42 Å². The number of thioether (sulfide) groups is 1. The lowest BCUT2D eigenvalue weighted by Crippen LogP contribution is -2.48. The number of benzene rings is 2. The highest BCUT2D eigenvalue weighted by Crippen LogP contribution is 2.33. The second-order valence-electron chi connectivity index (χ2n) is 9.97. The molecule has 0 spiro atoms. The van der Waals surface area contributed by atoms with Crippen molar-refractivity contribution < 1.29 is 22.4 Å². The van der Waals surface area contributed by atoms with Gasteiger partial charge in [0, 0.05) is 44.9 Å². The molecule has 0 N–H and O–H groups in total. The molecule has 1 saturated heterocycles. The van der Waals surface area contributed by atoms with Crippen LogP contribution in [-0.4, -0.2) is 68.9 Å². The third-order valence-electron chi connectivity index (χ3n) is 7.02. The van der Waals surface area contributed by atoms with E-state index >= 15 is 0 Å². The molecular formula is C31H32F3N5O2S. The van der Waals surface area contributed by atoms with Crippen molar-refractivity contribution in [3.8, 4) is 17.3 Å². The smallest absolute Gasteiger partial charge is 0.416 e. The van der Waals surface area contributed by atoms with E-state index in [9.17, 15) is 18.0 Å². The lowest BCUT2D eigenvalue weighted by atomic mass is 10.2.